The van der Waals surface area contributed by atoms with Gasteiger partial charge in [-0.3, -0.25) is 4.79 Å². The predicted octanol–water partition coefficient (Wildman–Crippen LogP) is 1.66. The van der Waals surface area contributed by atoms with E-state index in [1.54, 1.807) is 19.0 Å². The first kappa shape index (κ1) is 10.0. The predicted molar refractivity (Wildman–Crippen MR) is 46.8 cm³/mol. The quantitative estimate of drug-likeness (QED) is 0.705. The van der Waals surface area contributed by atoms with E-state index in [4.69, 9.17) is 0 Å². The molecule has 1 aromatic rings. The molecule has 0 aromatic carbocycles. The fourth-order valence-electron chi connectivity index (χ4n) is 0.693. The highest BCUT2D eigenvalue weighted by Crippen LogP contribution is 2.22. The summed E-state index contributed by atoms with van der Waals surface area (Å²) in [6.45, 7) is 0. The first-order valence-corrected chi connectivity index (χ1v) is 4.29. The van der Waals surface area contributed by atoms with E-state index in [0.29, 0.717) is 5.13 Å². The van der Waals surface area contributed by atoms with Crippen LogP contribution in [0.2, 0.25) is 0 Å². The molecule has 72 valence electrons. The van der Waals surface area contributed by atoms with Crippen LogP contribution in [-0.2, 0) is 0 Å². The minimum absolute atomic E-state index is 0.00120. The number of carbonyl (C=O) groups is 1. The molecule has 1 aromatic heterocycles. The molecule has 0 spiro atoms. The fraction of sp³-hybridized carbons (Fsp3) is 0.429. The minimum Gasteiger partial charge on any atom is -0.354 e. The Labute approximate surface area is 78.0 Å². The van der Waals surface area contributed by atoms with Gasteiger partial charge in [-0.15, -0.1) is 0 Å². The number of thiazole rings is 1. The molecule has 0 radical (unpaired) electrons. The van der Waals surface area contributed by atoms with Gasteiger partial charge in [-0.25, -0.2) is 13.8 Å². The maximum Gasteiger partial charge on any atom is 0.301 e. The molecule has 0 amide bonds. The molecule has 0 saturated carbocycles. The third-order valence-electron chi connectivity index (χ3n) is 1.32. The second kappa shape index (κ2) is 3.78. The van der Waals surface area contributed by atoms with Crippen molar-refractivity contribution in [2.45, 2.75) is 6.43 Å². The van der Waals surface area contributed by atoms with E-state index in [1.807, 2.05) is 0 Å². The highest BCUT2D eigenvalue weighted by molar-refractivity contribution is 7.17. The molecule has 0 aliphatic carbocycles. The molecule has 0 bridgehead atoms. The minimum atomic E-state index is -2.95. The van der Waals surface area contributed by atoms with Crippen molar-refractivity contribution in [1.29, 1.82) is 0 Å². The molecule has 13 heavy (non-hydrogen) atoms. The molecule has 0 N–H and O–H groups in total. The van der Waals surface area contributed by atoms with Crippen LogP contribution in [0.15, 0.2) is 6.20 Å². The summed E-state index contributed by atoms with van der Waals surface area (Å²) in [5.41, 5.74) is 0. The topological polar surface area (TPSA) is 33.2 Å². The summed E-state index contributed by atoms with van der Waals surface area (Å²) >= 11 is 0.963. The molecule has 0 fully saturated rings. The van der Waals surface area contributed by atoms with Gasteiger partial charge < -0.3 is 4.90 Å². The smallest absolute Gasteiger partial charge is 0.301 e. The fourth-order valence-corrected chi connectivity index (χ4v) is 1.47. The van der Waals surface area contributed by atoms with E-state index in [0.717, 1.165) is 11.3 Å². The summed E-state index contributed by atoms with van der Waals surface area (Å²) in [5, 5.41) is 0.545. The summed E-state index contributed by atoms with van der Waals surface area (Å²) in [6.07, 6.45) is -1.77. The maximum atomic E-state index is 11.9. The maximum absolute atomic E-state index is 11.9. The third kappa shape index (κ3) is 2.21. The van der Waals surface area contributed by atoms with E-state index in [9.17, 15) is 13.6 Å². The largest absolute Gasteiger partial charge is 0.354 e. The van der Waals surface area contributed by atoms with Crippen LogP contribution >= 0.6 is 11.3 Å². The van der Waals surface area contributed by atoms with Crippen molar-refractivity contribution in [1.82, 2.24) is 4.98 Å². The lowest BCUT2D eigenvalue weighted by atomic mass is 10.4. The SMILES string of the molecule is CN(C)c1ncc(C(=O)C(F)F)s1. The number of anilines is 1. The van der Waals surface area contributed by atoms with E-state index in [2.05, 4.69) is 4.98 Å². The van der Waals surface area contributed by atoms with Crippen LogP contribution in [0.3, 0.4) is 0 Å². The third-order valence-corrected chi connectivity index (χ3v) is 2.50. The molecular weight excluding hydrogens is 198 g/mol. The van der Waals surface area contributed by atoms with Gasteiger partial charge in [0.1, 0.15) is 0 Å². The number of ketones is 1. The summed E-state index contributed by atoms with van der Waals surface area (Å²) < 4.78 is 23.9. The number of hydrogen-bond acceptors (Lipinski definition) is 4. The normalized spacial score (nSPS) is 10.5. The van der Waals surface area contributed by atoms with E-state index in [-0.39, 0.29) is 4.88 Å². The molecule has 0 aliphatic heterocycles. The Hall–Kier alpha value is -1.04. The Balaban J connectivity index is 2.86. The van der Waals surface area contributed by atoms with E-state index in [1.165, 1.54) is 6.20 Å². The van der Waals surface area contributed by atoms with Crippen LogP contribution in [0.4, 0.5) is 13.9 Å². The zero-order chi connectivity index (χ0) is 10.0. The van der Waals surface area contributed by atoms with Crippen molar-refractivity contribution in [2.75, 3.05) is 19.0 Å². The number of carbonyl (C=O) groups excluding carboxylic acids is 1. The lowest BCUT2D eigenvalue weighted by molar-refractivity contribution is 0.0683. The van der Waals surface area contributed by atoms with Crippen molar-refractivity contribution in [3.05, 3.63) is 11.1 Å². The van der Waals surface area contributed by atoms with Gasteiger partial charge in [0.25, 0.3) is 0 Å². The van der Waals surface area contributed by atoms with Gasteiger partial charge in [0, 0.05) is 14.1 Å². The highest BCUT2D eigenvalue weighted by atomic mass is 32.1. The number of nitrogens with zero attached hydrogens (tertiary/aromatic N) is 2. The van der Waals surface area contributed by atoms with Crippen LogP contribution < -0.4 is 4.90 Å². The Morgan fingerprint density at radius 3 is 2.62 bits per heavy atom. The molecule has 3 nitrogen and oxygen atoms in total. The molecule has 0 atom stereocenters. The molecule has 0 aliphatic rings. The average Bonchev–Trinajstić information content (AvgIpc) is 2.50. The summed E-state index contributed by atoms with van der Waals surface area (Å²) in [4.78, 5) is 16.3. The van der Waals surface area contributed by atoms with Crippen molar-refractivity contribution >= 4 is 22.3 Å². The standard InChI is InChI=1S/C7H8F2N2OS/c1-11(2)7-10-3-4(13-7)5(12)6(8)9/h3,6H,1-2H3. The summed E-state index contributed by atoms with van der Waals surface area (Å²) in [7, 11) is 3.46. The van der Waals surface area contributed by atoms with Crippen LogP contribution in [-0.4, -0.2) is 31.3 Å². The molecule has 6 heteroatoms. The van der Waals surface area contributed by atoms with Gasteiger partial charge in [0.05, 0.1) is 11.1 Å². The number of aromatic nitrogens is 1. The van der Waals surface area contributed by atoms with Crippen molar-refractivity contribution < 1.29 is 13.6 Å². The summed E-state index contributed by atoms with van der Waals surface area (Å²) in [6, 6.07) is 0. The second-order valence-corrected chi connectivity index (χ2v) is 3.58. The van der Waals surface area contributed by atoms with Crippen molar-refractivity contribution in [2.24, 2.45) is 0 Å². The highest BCUT2D eigenvalue weighted by Gasteiger charge is 2.20. The molecule has 1 heterocycles. The van der Waals surface area contributed by atoms with Gasteiger partial charge >= 0.3 is 6.43 Å². The van der Waals surface area contributed by atoms with Gasteiger partial charge in [-0.2, -0.15) is 0 Å². The van der Waals surface area contributed by atoms with Crippen LogP contribution in [0.25, 0.3) is 0 Å². The lowest BCUT2D eigenvalue weighted by Gasteiger charge is -2.04. The zero-order valence-electron chi connectivity index (χ0n) is 7.12. The van der Waals surface area contributed by atoms with Crippen LogP contribution in [0.5, 0.6) is 0 Å². The first-order chi connectivity index (χ1) is 6.02. The van der Waals surface area contributed by atoms with Crippen LogP contribution in [0.1, 0.15) is 9.67 Å². The second-order valence-electron chi connectivity index (χ2n) is 2.57. The number of halogens is 2. The summed E-state index contributed by atoms with van der Waals surface area (Å²) in [5.74, 6) is -1.16. The molecule has 0 unspecified atom stereocenters. The number of rotatable bonds is 3. The molecule has 1 rings (SSSR count). The van der Waals surface area contributed by atoms with Gasteiger partial charge in [0.2, 0.25) is 5.78 Å². The molecular formula is C7H8F2N2OS. The monoisotopic (exact) mass is 206 g/mol. The Morgan fingerprint density at radius 1 is 1.62 bits per heavy atom. The van der Waals surface area contributed by atoms with E-state index < -0.39 is 12.2 Å². The van der Waals surface area contributed by atoms with Gasteiger partial charge in [0.15, 0.2) is 5.13 Å². The zero-order valence-corrected chi connectivity index (χ0v) is 7.94. The Morgan fingerprint density at radius 2 is 2.23 bits per heavy atom. The first-order valence-electron chi connectivity index (χ1n) is 3.48. The van der Waals surface area contributed by atoms with Gasteiger partial charge in [-0.1, -0.05) is 11.3 Å². The number of hydrogen-bond donors (Lipinski definition) is 0. The number of Topliss-reactive ketones (excluding diaryl/α,β-unsaturated/α-hetero) is 1. The number of alkyl halides is 2. The molecule has 0 saturated heterocycles. The average molecular weight is 206 g/mol. The van der Waals surface area contributed by atoms with Crippen molar-refractivity contribution in [3.8, 4) is 0 Å². The Kier molecular flexibility index (Phi) is 2.92. The van der Waals surface area contributed by atoms with E-state index >= 15 is 0 Å². The van der Waals surface area contributed by atoms with Crippen LogP contribution in [0, 0.1) is 0 Å². The lowest BCUT2D eigenvalue weighted by Crippen LogP contribution is -2.08. The van der Waals surface area contributed by atoms with Gasteiger partial charge in [-0.05, 0) is 0 Å². The van der Waals surface area contributed by atoms with Crippen molar-refractivity contribution in [3.63, 3.8) is 0 Å². The Bertz CT molecular complexity index is 311.